The molecule has 0 N–H and O–H groups in total. The Hall–Kier alpha value is -0.960. The van der Waals surface area contributed by atoms with Crippen molar-refractivity contribution >= 4 is 17.5 Å². The fourth-order valence-corrected chi connectivity index (χ4v) is 1.66. The standard InChI is InChI=1S/C10H15ClN2O/c1-4-13(5-2)10(14)9-6-8(11)7-12(9)3/h6-7H,4-5H2,1-3H3. The summed E-state index contributed by atoms with van der Waals surface area (Å²) in [6.45, 7) is 5.37. The highest BCUT2D eigenvalue weighted by Gasteiger charge is 2.15. The fraction of sp³-hybridized carbons (Fsp3) is 0.500. The van der Waals surface area contributed by atoms with Crippen LogP contribution in [0, 0.1) is 0 Å². The average molecular weight is 215 g/mol. The Labute approximate surface area is 89.3 Å². The van der Waals surface area contributed by atoms with Crippen LogP contribution in [-0.2, 0) is 7.05 Å². The molecule has 1 rings (SSSR count). The average Bonchev–Trinajstić information content (AvgIpc) is 2.47. The zero-order valence-corrected chi connectivity index (χ0v) is 9.51. The zero-order valence-electron chi connectivity index (χ0n) is 8.75. The van der Waals surface area contributed by atoms with E-state index in [9.17, 15) is 4.79 Å². The minimum Gasteiger partial charge on any atom is -0.345 e. The third-order valence-electron chi connectivity index (χ3n) is 2.24. The Morgan fingerprint density at radius 2 is 2.07 bits per heavy atom. The van der Waals surface area contributed by atoms with E-state index in [1.165, 1.54) is 0 Å². The summed E-state index contributed by atoms with van der Waals surface area (Å²) in [5.74, 6) is 0.0319. The predicted molar refractivity (Wildman–Crippen MR) is 57.7 cm³/mol. The van der Waals surface area contributed by atoms with Gasteiger partial charge >= 0.3 is 0 Å². The van der Waals surface area contributed by atoms with E-state index >= 15 is 0 Å². The third-order valence-corrected chi connectivity index (χ3v) is 2.45. The molecule has 0 radical (unpaired) electrons. The SMILES string of the molecule is CCN(CC)C(=O)c1cc(Cl)cn1C. The van der Waals surface area contributed by atoms with Crippen LogP contribution in [0.4, 0.5) is 0 Å². The third kappa shape index (κ3) is 2.10. The molecule has 1 heterocycles. The number of hydrogen-bond donors (Lipinski definition) is 0. The van der Waals surface area contributed by atoms with E-state index in [1.54, 1.807) is 21.7 Å². The number of carbonyl (C=O) groups excluding carboxylic acids is 1. The van der Waals surface area contributed by atoms with Crippen molar-refractivity contribution in [2.75, 3.05) is 13.1 Å². The number of aromatic nitrogens is 1. The summed E-state index contributed by atoms with van der Waals surface area (Å²) in [4.78, 5) is 13.7. The zero-order chi connectivity index (χ0) is 10.7. The van der Waals surface area contributed by atoms with Gasteiger partial charge in [0.25, 0.3) is 5.91 Å². The first-order chi connectivity index (χ1) is 6.60. The maximum absolute atomic E-state index is 11.9. The van der Waals surface area contributed by atoms with Gasteiger partial charge in [0, 0.05) is 26.3 Å². The van der Waals surface area contributed by atoms with Gasteiger partial charge in [-0.05, 0) is 19.9 Å². The van der Waals surface area contributed by atoms with Gasteiger partial charge in [0.2, 0.25) is 0 Å². The van der Waals surface area contributed by atoms with E-state index in [0.717, 1.165) is 13.1 Å². The summed E-state index contributed by atoms with van der Waals surface area (Å²) in [5, 5.41) is 0.600. The van der Waals surface area contributed by atoms with Crippen molar-refractivity contribution in [2.24, 2.45) is 7.05 Å². The Morgan fingerprint density at radius 1 is 1.50 bits per heavy atom. The fourth-order valence-electron chi connectivity index (χ4n) is 1.41. The number of rotatable bonds is 3. The minimum atomic E-state index is 0.0319. The summed E-state index contributed by atoms with van der Waals surface area (Å²) in [6, 6.07) is 1.70. The molecule has 0 unspecified atom stereocenters. The summed E-state index contributed by atoms with van der Waals surface area (Å²) < 4.78 is 1.75. The van der Waals surface area contributed by atoms with Crippen molar-refractivity contribution in [1.82, 2.24) is 9.47 Å². The van der Waals surface area contributed by atoms with Crippen molar-refractivity contribution in [3.8, 4) is 0 Å². The van der Waals surface area contributed by atoms with Gasteiger partial charge < -0.3 is 9.47 Å². The molecule has 78 valence electrons. The molecule has 14 heavy (non-hydrogen) atoms. The van der Waals surface area contributed by atoms with Gasteiger partial charge in [-0.2, -0.15) is 0 Å². The lowest BCUT2D eigenvalue weighted by atomic mass is 10.3. The minimum absolute atomic E-state index is 0.0319. The van der Waals surface area contributed by atoms with E-state index in [0.29, 0.717) is 10.7 Å². The quantitative estimate of drug-likeness (QED) is 0.757. The molecule has 0 aliphatic heterocycles. The van der Waals surface area contributed by atoms with Gasteiger partial charge in [0.15, 0.2) is 0 Å². The van der Waals surface area contributed by atoms with Crippen LogP contribution in [-0.4, -0.2) is 28.5 Å². The monoisotopic (exact) mass is 214 g/mol. The summed E-state index contributed by atoms with van der Waals surface area (Å²) in [7, 11) is 1.82. The van der Waals surface area contributed by atoms with E-state index < -0.39 is 0 Å². The molecule has 0 aliphatic carbocycles. The van der Waals surface area contributed by atoms with Crippen LogP contribution in [0.3, 0.4) is 0 Å². The first-order valence-corrected chi connectivity index (χ1v) is 5.09. The van der Waals surface area contributed by atoms with E-state index in [1.807, 2.05) is 20.9 Å². The topological polar surface area (TPSA) is 25.2 Å². The number of hydrogen-bond acceptors (Lipinski definition) is 1. The van der Waals surface area contributed by atoms with E-state index in [2.05, 4.69) is 0 Å². The maximum Gasteiger partial charge on any atom is 0.270 e. The van der Waals surface area contributed by atoms with Crippen LogP contribution < -0.4 is 0 Å². The van der Waals surface area contributed by atoms with Gasteiger partial charge in [-0.25, -0.2) is 0 Å². The number of carbonyl (C=O) groups is 1. The second-order valence-electron chi connectivity index (χ2n) is 3.13. The molecule has 0 saturated heterocycles. The molecule has 0 aliphatic rings. The largest absolute Gasteiger partial charge is 0.345 e. The number of nitrogens with zero attached hydrogens (tertiary/aromatic N) is 2. The second-order valence-corrected chi connectivity index (χ2v) is 3.57. The number of halogens is 1. The van der Waals surface area contributed by atoms with E-state index in [-0.39, 0.29) is 5.91 Å². The first kappa shape index (κ1) is 11.1. The molecule has 0 spiro atoms. The van der Waals surface area contributed by atoms with Crippen molar-refractivity contribution in [2.45, 2.75) is 13.8 Å². The molecular formula is C10H15ClN2O. The van der Waals surface area contributed by atoms with Crippen LogP contribution in [0.5, 0.6) is 0 Å². The van der Waals surface area contributed by atoms with Gasteiger partial charge in [-0.1, -0.05) is 11.6 Å². The lowest BCUT2D eigenvalue weighted by Gasteiger charge is -2.18. The van der Waals surface area contributed by atoms with E-state index in [4.69, 9.17) is 11.6 Å². The predicted octanol–water partition coefficient (Wildman–Crippen LogP) is 2.16. The van der Waals surface area contributed by atoms with Gasteiger partial charge in [0.1, 0.15) is 5.69 Å². The van der Waals surface area contributed by atoms with Crippen LogP contribution in [0.15, 0.2) is 12.3 Å². The van der Waals surface area contributed by atoms with Gasteiger partial charge in [-0.15, -0.1) is 0 Å². The molecule has 0 bridgehead atoms. The lowest BCUT2D eigenvalue weighted by Crippen LogP contribution is -2.31. The molecule has 3 nitrogen and oxygen atoms in total. The lowest BCUT2D eigenvalue weighted by molar-refractivity contribution is 0.0763. The number of amides is 1. The molecule has 0 fully saturated rings. The molecule has 0 atom stereocenters. The molecule has 1 aromatic rings. The molecular weight excluding hydrogens is 200 g/mol. The van der Waals surface area contributed by atoms with Crippen molar-refractivity contribution in [3.63, 3.8) is 0 Å². The normalized spacial score (nSPS) is 10.3. The second kappa shape index (κ2) is 4.51. The van der Waals surface area contributed by atoms with Gasteiger partial charge in [0.05, 0.1) is 5.02 Å². The summed E-state index contributed by atoms with van der Waals surface area (Å²) in [5.41, 5.74) is 0.638. The molecule has 0 aromatic carbocycles. The van der Waals surface area contributed by atoms with Crippen molar-refractivity contribution in [1.29, 1.82) is 0 Å². The number of aryl methyl sites for hydroxylation is 1. The Balaban J connectivity index is 2.93. The maximum atomic E-state index is 11.9. The van der Waals surface area contributed by atoms with Crippen LogP contribution in [0.2, 0.25) is 5.02 Å². The summed E-state index contributed by atoms with van der Waals surface area (Å²) >= 11 is 5.81. The van der Waals surface area contributed by atoms with Crippen molar-refractivity contribution < 1.29 is 4.79 Å². The highest BCUT2D eigenvalue weighted by Crippen LogP contribution is 2.14. The molecule has 0 saturated carbocycles. The Morgan fingerprint density at radius 3 is 2.43 bits per heavy atom. The molecule has 1 aromatic heterocycles. The Bertz CT molecular complexity index is 329. The summed E-state index contributed by atoms with van der Waals surface area (Å²) in [6.07, 6.45) is 1.73. The highest BCUT2D eigenvalue weighted by atomic mass is 35.5. The van der Waals surface area contributed by atoms with Crippen LogP contribution >= 0.6 is 11.6 Å². The highest BCUT2D eigenvalue weighted by molar-refractivity contribution is 6.31. The smallest absolute Gasteiger partial charge is 0.270 e. The van der Waals surface area contributed by atoms with Crippen molar-refractivity contribution in [3.05, 3.63) is 23.0 Å². The first-order valence-electron chi connectivity index (χ1n) is 4.71. The van der Waals surface area contributed by atoms with Crippen LogP contribution in [0.1, 0.15) is 24.3 Å². The van der Waals surface area contributed by atoms with Gasteiger partial charge in [-0.3, -0.25) is 4.79 Å². The molecule has 4 heteroatoms. The molecule has 1 amide bonds. The Kier molecular flexibility index (Phi) is 3.58. The van der Waals surface area contributed by atoms with Crippen LogP contribution in [0.25, 0.3) is 0 Å².